The standard InChI is InChI=1S/C38H35F6NO5/c1-24(26-10-6-4-7-11-26)34(46)45-23-32(49-31-19-17-30(48-3)18-20-31)16-14-28-22-29(15-21-33(28)45)36(37(39,40)41,38(42,43)44)50-35(47)25(2)27-12-8-5-9-13-27/h4-13,15,17-22,24-25,32H,14,16,23H2,1-3H3/t24-,25-,32-/m0/s1. The minimum absolute atomic E-state index is 0.0296. The predicted molar refractivity (Wildman–Crippen MR) is 174 cm³/mol. The van der Waals surface area contributed by atoms with E-state index in [2.05, 4.69) is 4.74 Å². The summed E-state index contributed by atoms with van der Waals surface area (Å²) >= 11 is 0. The molecule has 0 fully saturated rings. The van der Waals surface area contributed by atoms with Crippen LogP contribution in [0.3, 0.4) is 0 Å². The van der Waals surface area contributed by atoms with E-state index in [0.717, 1.165) is 12.1 Å². The zero-order chi connectivity index (χ0) is 36.3. The van der Waals surface area contributed by atoms with Crippen LogP contribution in [0.4, 0.5) is 32.0 Å². The second-order valence-corrected chi connectivity index (χ2v) is 12.1. The number of anilines is 1. The second-order valence-electron chi connectivity index (χ2n) is 12.1. The number of hydrogen-bond acceptors (Lipinski definition) is 5. The van der Waals surface area contributed by atoms with Crippen molar-refractivity contribution >= 4 is 17.6 Å². The molecule has 0 aliphatic carbocycles. The molecule has 3 atom stereocenters. The van der Waals surface area contributed by atoms with Gasteiger partial charge in [0.15, 0.2) is 0 Å². The SMILES string of the molecule is COc1ccc(O[C@H]2CCc3cc(C(OC(=O)[C@@H](C)c4ccccc4)(C(F)(F)F)C(F)(F)F)ccc3N(C(=O)[C@@H](C)c3ccccc3)C2)cc1. The van der Waals surface area contributed by atoms with Gasteiger partial charge in [-0.3, -0.25) is 9.59 Å². The van der Waals surface area contributed by atoms with E-state index in [1.165, 1.54) is 43.2 Å². The minimum Gasteiger partial charge on any atom is -0.497 e. The summed E-state index contributed by atoms with van der Waals surface area (Å²) in [7, 11) is 1.50. The average molecular weight is 700 g/mol. The van der Waals surface area contributed by atoms with Gasteiger partial charge in [-0.2, -0.15) is 26.3 Å². The third-order valence-corrected chi connectivity index (χ3v) is 8.90. The van der Waals surface area contributed by atoms with E-state index < -0.39 is 53.3 Å². The van der Waals surface area contributed by atoms with Crippen molar-refractivity contribution < 1.29 is 50.1 Å². The molecule has 5 rings (SSSR count). The van der Waals surface area contributed by atoms with Gasteiger partial charge >= 0.3 is 23.9 Å². The van der Waals surface area contributed by atoms with Gasteiger partial charge in [-0.15, -0.1) is 0 Å². The molecule has 0 spiro atoms. The van der Waals surface area contributed by atoms with E-state index in [0.29, 0.717) is 23.1 Å². The molecule has 4 aromatic rings. The third-order valence-electron chi connectivity index (χ3n) is 8.90. The fraction of sp³-hybridized carbons (Fsp3) is 0.316. The van der Waals surface area contributed by atoms with Gasteiger partial charge < -0.3 is 19.1 Å². The maximum atomic E-state index is 14.9. The number of esters is 1. The molecule has 0 N–H and O–H groups in total. The maximum Gasteiger partial charge on any atom is 0.442 e. The number of ether oxygens (including phenoxy) is 3. The number of carbonyl (C=O) groups excluding carboxylic acids is 2. The molecule has 1 amide bonds. The second kappa shape index (κ2) is 14.5. The molecule has 0 aromatic heterocycles. The Hall–Kier alpha value is -5.00. The number of carbonyl (C=O) groups is 2. The van der Waals surface area contributed by atoms with E-state index >= 15 is 0 Å². The van der Waals surface area contributed by atoms with Gasteiger partial charge in [-0.05, 0) is 79.8 Å². The Balaban J connectivity index is 1.58. The molecule has 6 nitrogen and oxygen atoms in total. The first-order chi connectivity index (χ1) is 23.7. The van der Waals surface area contributed by atoms with Gasteiger partial charge in [0.2, 0.25) is 5.91 Å². The lowest BCUT2D eigenvalue weighted by molar-refractivity contribution is -0.378. The van der Waals surface area contributed by atoms with Crippen LogP contribution in [-0.2, 0) is 26.3 Å². The number of alkyl halides is 6. The van der Waals surface area contributed by atoms with Crippen molar-refractivity contribution in [3.8, 4) is 11.5 Å². The van der Waals surface area contributed by atoms with Gasteiger partial charge in [-0.25, -0.2) is 0 Å². The van der Waals surface area contributed by atoms with Gasteiger partial charge in [-0.1, -0.05) is 66.7 Å². The molecular weight excluding hydrogens is 664 g/mol. The monoisotopic (exact) mass is 699 g/mol. The van der Waals surface area contributed by atoms with E-state index in [9.17, 15) is 35.9 Å². The van der Waals surface area contributed by atoms with Crippen LogP contribution >= 0.6 is 0 Å². The first-order valence-corrected chi connectivity index (χ1v) is 15.9. The van der Waals surface area contributed by atoms with Crippen molar-refractivity contribution in [2.24, 2.45) is 0 Å². The lowest BCUT2D eigenvalue weighted by atomic mass is 9.88. The van der Waals surface area contributed by atoms with E-state index in [1.54, 1.807) is 67.6 Å². The number of benzene rings is 4. The number of aryl methyl sites for hydroxylation is 1. The van der Waals surface area contributed by atoms with Crippen molar-refractivity contribution in [3.05, 3.63) is 125 Å². The summed E-state index contributed by atoms with van der Waals surface area (Å²) in [5, 5.41) is 0. The number of halogens is 6. The highest BCUT2D eigenvalue weighted by molar-refractivity contribution is 5.98. The predicted octanol–water partition coefficient (Wildman–Crippen LogP) is 8.89. The molecule has 0 saturated carbocycles. The van der Waals surface area contributed by atoms with Crippen molar-refractivity contribution in [1.82, 2.24) is 0 Å². The first kappa shape index (κ1) is 36.3. The Bertz CT molecular complexity index is 1760. The smallest absolute Gasteiger partial charge is 0.442 e. The van der Waals surface area contributed by atoms with Crippen LogP contribution in [0.1, 0.15) is 54.4 Å². The minimum atomic E-state index is -6.10. The average Bonchev–Trinajstić information content (AvgIpc) is 3.28. The summed E-state index contributed by atoms with van der Waals surface area (Å²) in [6.45, 7) is 2.80. The molecule has 1 heterocycles. The highest BCUT2D eigenvalue weighted by Crippen LogP contribution is 2.54. The van der Waals surface area contributed by atoms with E-state index in [-0.39, 0.29) is 36.2 Å². The fourth-order valence-electron chi connectivity index (χ4n) is 6.03. The number of hydrogen-bond donors (Lipinski definition) is 0. The number of nitrogens with zero attached hydrogens (tertiary/aromatic N) is 1. The highest BCUT2D eigenvalue weighted by Gasteiger charge is 2.75. The van der Waals surface area contributed by atoms with Crippen LogP contribution in [0.5, 0.6) is 11.5 Å². The molecule has 12 heteroatoms. The molecule has 0 unspecified atom stereocenters. The Morgan fingerprint density at radius 2 is 1.28 bits per heavy atom. The molecule has 1 aliphatic heterocycles. The number of fused-ring (bicyclic) bond motifs is 1. The Morgan fingerprint density at radius 3 is 1.82 bits per heavy atom. The third kappa shape index (κ3) is 7.29. The van der Waals surface area contributed by atoms with Crippen LogP contribution in [-0.4, -0.2) is 44.0 Å². The number of methoxy groups -OCH3 is 1. The van der Waals surface area contributed by atoms with Gasteiger partial charge in [0.1, 0.15) is 17.6 Å². The fourth-order valence-corrected chi connectivity index (χ4v) is 6.03. The topological polar surface area (TPSA) is 65.1 Å². The summed E-state index contributed by atoms with van der Waals surface area (Å²) in [5.74, 6) is -3.29. The van der Waals surface area contributed by atoms with Crippen molar-refractivity contribution in [2.75, 3.05) is 18.6 Å². The quantitative estimate of drug-likeness (QED) is 0.129. The molecule has 1 aliphatic rings. The van der Waals surface area contributed by atoms with E-state index in [4.69, 9.17) is 9.47 Å². The molecule has 0 bridgehead atoms. The van der Waals surface area contributed by atoms with Crippen LogP contribution < -0.4 is 14.4 Å². The van der Waals surface area contributed by atoms with Crippen LogP contribution in [0.25, 0.3) is 0 Å². The van der Waals surface area contributed by atoms with Crippen LogP contribution in [0.15, 0.2) is 103 Å². The molecule has 0 radical (unpaired) electrons. The van der Waals surface area contributed by atoms with Gasteiger partial charge in [0, 0.05) is 11.3 Å². The van der Waals surface area contributed by atoms with E-state index in [1.807, 2.05) is 0 Å². The van der Waals surface area contributed by atoms with Crippen molar-refractivity contribution in [2.45, 2.75) is 62.6 Å². The lowest BCUT2D eigenvalue weighted by Crippen LogP contribution is -2.57. The van der Waals surface area contributed by atoms with Gasteiger partial charge in [0.25, 0.3) is 0 Å². The maximum absolute atomic E-state index is 14.9. The van der Waals surface area contributed by atoms with Crippen molar-refractivity contribution in [1.29, 1.82) is 0 Å². The zero-order valence-corrected chi connectivity index (χ0v) is 27.4. The van der Waals surface area contributed by atoms with Crippen LogP contribution in [0.2, 0.25) is 0 Å². The number of amides is 1. The number of rotatable bonds is 9. The molecule has 264 valence electrons. The Kier molecular flexibility index (Phi) is 10.5. The van der Waals surface area contributed by atoms with Gasteiger partial charge in [0.05, 0.1) is 25.5 Å². The molecule has 50 heavy (non-hydrogen) atoms. The summed E-state index contributed by atoms with van der Waals surface area (Å²) in [5.41, 5.74) is -5.32. The first-order valence-electron chi connectivity index (χ1n) is 15.9. The van der Waals surface area contributed by atoms with Crippen molar-refractivity contribution in [3.63, 3.8) is 0 Å². The molecule has 0 saturated heterocycles. The summed E-state index contributed by atoms with van der Waals surface area (Å²) in [6, 6.07) is 25.3. The molecule has 4 aromatic carbocycles. The summed E-state index contributed by atoms with van der Waals surface area (Å²) < 4.78 is 105. The Labute approximate surface area is 285 Å². The summed E-state index contributed by atoms with van der Waals surface area (Å²) in [6.07, 6.45) is -12.8. The normalized spacial score (nSPS) is 16.4. The summed E-state index contributed by atoms with van der Waals surface area (Å²) in [4.78, 5) is 28.5. The largest absolute Gasteiger partial charge is 0.497 e. The molecular formula is C38H35F6NO5. The van der Waals surface area contributed by atoms with Crippen LogP contribution in [0, 0.1) is 0 Å². The zero-order valence-electron chi connectivity index (χ0n) is 27.4. The highest BCUT2D eigenvalue weighted by atomic mass is 19.4. The lowest BCUT2D eigenvalue weighted by Gasteiger charge is -2.38. The Morgan fingerprint density at radius 1 is 0.740 bits per heavy atom.